The van der Waals surface area contributed by atoms with Crippen LogP contribution in [0.4, 0.5) is 5.82 Å². The molecule has 1 aliphatic heterocycles. The van der Waals surface area contributed by atoms with Crippen LogP contribution in [0.5, 0.6) is 0 Å². The first kappa shape index (κ1) is 12.2. The van der Waals surface area contributed by atoms with Gasteiger partial charge in [0.25, 0.3) is 0 Å². The molecule has 21 heavy (non-hydrogen) atoms. The maximum Gasteiger partial charge on any atom is 0.358 e. The Morgan fingerprint density at radius 2 is 2.24 bits per heavy atom. The molecule has 1 aliphatic rings. The average Bonchev–Trinajstić information content (AvgIpc) is 3.05. The predicted molar refractivity (Wildman–Crippen MR) is 75.6 cm³/mol. The second kappa shape index (κ2) is 4.48. The van der Waals surface area contributed by atoms with Gasteiger partial charge in [0, 0.05) is 13.1 Å². The second-order valence-electron chi connectivity index (χ2n) is 4.78. The van der Waals surface area contributed by atoms with Gasteiger partial charge in [-0.25, -0.2) is 19.4 Å². The van der Waals surface area contributed by atoms with Gasteiger partial charge in [0.05, 0.1) is 17.6 Å². The van der Waals surface area contributed by atoms with Crippen molar-refractivity contribution in [2.75, 3.05) is 18.0 Å². The Hall–Kier alpha value is -2.55. The Morgan fingerprint density at radius 1 is 1.38 bits per heavy atom. The summed E-state index contributed by atoms with van der Waals surface area (Å²) < 4.78 is 1.60. The molecule has 1 fully saturated rings. The minimum absolute atomic E-state index is 0.0317. The molecule has 4 rings (SSSR count). The van der Waals surface area contributed by atoms with Crippen LogP contribution in [0.15, 0.2) is 24.0 Å². The third kappa shape index (κ3) is 1.93. The highest BCUT2D eigenvalue weighted by molar-refractivity contribution is 7.16. The van der Waals surface area contributed by atoms with Gasteiger partial charge in [-0.2, -0.15) is 0 Å². The molecule has 0 radical (unpaired) electrons. The van der Waals surface area contributed by atoms with Crippen LogP contribution in [-0.2, 0) is 0 Å². The number of carboxylic acid groups (broad SMARTS) is 1. The lowest BCUT2D eigenvalue weighted by atomic mass is 10.1. The fourth-order valence-electron chi connectivity index (χ4n) is 2.38. The Kier molecular flexibility index (Phi) is 2.61. The van der Waals surface area contributed by atoms with E-state index in [2.05, 4.69) is 25.2 Å². The number of rotatable bonds is 3. The standard InChI is InChI=1S/C12H10N6O2S/c19-12(20)9-5-18(16-15-9)7-3-17(4-7)10-8-1-2-21-11(8)14-6-13-10/h1-2,5-7H,3-4H2,(H,19,20). The van der Waals surface area contributed by atoms with Crippen molar-refractivity contribution < 1.29 is 9.90 Å². The van der Waals surface area contributed by atoms with Crippen LogP contribution in [0, 0.1) is 0 Å². The fraction of sp³-hybridized carbons (Fsp3) is 0.250. The molecule has 0 bridgehead atoms. The summed E-state index contributed by atoms with van der Waals surface area (Å²) in [5.74, 6) is -0.149. The summed E-state index contributed by atoms with van der Waals surface area (Å²) in [6.45, 7) is 1.45. The minimum atomic E-state index is -1.06. The summed E-state index contributed by atoms with van der Waals surface area (Å²) in [5, 5.41) is 19.4. The van der Waals surface area contributed by atoms with Crippen LogP contribution in [0.3, 0.4) is 0 Å². The van der Waals surface area contributed by atoms with Crippen molar-refractivity contribution in [3.05, 3.63) is 29.7 Å². The first-order valence-electron chi connectivity index (χ1n) is 6.30. The van der Waals surface area contributed by atoms with Crippen molar-refractivity contribution in [3.8, 4) is 0 Å². The highest BCUT2D eigenvalue weighted by Crippen LogP contribution is 2.32. The van der Waals surface area contributed by atoms with E-state index in [0.29, 0.717) is 0 Å². The van der Waals surface area contributed by atoms with Crippen LogP contribution in [0.25, 0.3) is 10.2 Å². The van der Waals surface area contributed by atoms with E-state index in [9.17, 15) is 4.79 Å². The van der Waals surface area contributed by atoms with E-state index >= 15 is 0 Å². The molecule has 0 saturated carbocycles. The minimum Gasteiger partial charge on any atom is -0.476 e. The molecule has 9 heteroatoms. The number of carboxylic acids is 1. The Balaban J connectivity index is 1.54. The lowest BCUT2D eigenvalue weighted by molar-refractivity contribution is 0.0690. The van der Waals surface area contributed by atoms with Crippen LogP contribution in [0.1, 0.15) is 16.5 Å². The molecule has 4 heterocycles. The SMILES string of the molecule is O=C(O)c1cn(C2CN(c3ncnc4sccc34)C2)nn1. The molecule has 0 aromatic carbocycles. The van der Waals surface area contributed by atoms with Crippen molar-refractivity contribution in [1.82, 2.24) is 25.0 Å². The highest BCUT2D eigenvalue weighted by Gasteiger charge is 2.31. The molecular formula is C12H10N6O2S. The summed E-state index contributed by atoms with van der Waals surface area (Å²) in [6, 6.07) is 2.13. The van der Waals surface area contributed by atoms with Gasteiger partial charge in [-0.1, -0.05) is 5.21 Å². The summed E-state index contributed by atoms with van der Waals surface area (Å²) >= 11 is 1.59. The summed E-state index contributed by atoms with van der Waals surface area (Å²) in [6.07, 6.45) is 3.03. The number of fused-ring (bicyclic) bond motifs is 1. The van der Waals surface area contributed by atoms with Crippen molar-refractivity contribution in [3.63, 3.8) is 0 Å². The number of hydrogen-bond acceptors (Lipinski definition) is 7. The van der Waals surface area contributed by atoms with E-state index in [-0.39, 0.29) is 11.7 Å². The fourth-order valence-corrected chi connectivity index (χ4v) is 3.11. The topological polar surface area (TPSA) is 97.0 Å². The smallest absolute Gasteiger partial charge is 0.358 e. The van der Waals surface area contributed by atoms with Crippen LogP contribution >= 0.6 is 11.3 Å². The highest BCUT2D eigenvalue weighted by atomic mass is 32.1. The first-order valence-corrected chi connectivity index (χ1v) is 7.18. The summed E-state index contributed by atoms with van der Waals surface area (Å²) in [7, 11) is 0. The van der Waals surface area contributed by atoms with Crippen LogP contribution in [-0.4, -0.2) is 49.1 Å². The Morgan fingerprint density at radius 3 is 3.00 bits per heavy atom. The van der Waals surface area contributed by atoms with E-state index in [0.717, 1.165) is 29.1 Å². The zero-order chi connectivity index (χ0) is 14.4. The zero-order valence-corrected chi connectivity index (χ0v) is 11.6. The molecule has 8 nitrogen and oxygen atoms in total. The van der Waals surface area contributed by atoms with Gasteiger partial charge in [0.2, 0.25) is 0 Å². The number of hydrogen-bond donors (Lipinski definition) is 1. The van der Waals surface area contributed by atoms with Gasteiger partial charge < -0.3 is 10.0 Å². The molecule has 3 aromatic rings. The first-order chi connectivity index (χ1) is 10.2. The number of anilines is 1. The number of carbonyl (C=O) groups is 1. The monoisotopic (exact) mass is 302 g/mol. The van der Waals surface area contributed by atoms with E-state index < -0.39 is 5.97 Å². The van der Waals surface area contributed by atoms with Gasteiger partial charge in [-0.15, -0.1) is 16.4 Å². The maximum absolute atomic E-state index is 10.8. The third-order valence-electron chi connectivity index (χ3n) is 3.51. The van der Waals surface area contributed by atoms with Crippen molar-refractivity contribution in [1.29, 1.82) is 0 Å². The quantitative estimate of drug-likeness (QED) is 0.772. The molecule has 3 aromatic heterocycles. The normalized spacial score (nSPS) is 15.3. The molecule has 106 valence electrons. The molecule has 0 amide bonds. The van der Waals surface area contributed by atoms with Gasteiger partial charge in [-0.05, 0) is 11.4 Å². The second-order valence-corrected chi connectivity index (χ2v) is 5.68. The third-order valence-corrected chi connectivity index (χ3v) is 4.33. The van der Waals surface area contributed by atoms with Gasteiger partial charge in [0.15, 0.2) is 5.69 Å². The van der Waals surface area contributed by atoms with E-state index in [1.54, 1.807) is 22.3 Å². The molecule has 0 atom stereocenters. The lowest BCUT2D eigenvalue weighted by Gasteiger charge is -2.39. The number of aromatic nitrogens is 5. The van der Waals surface area contributed by atoms with E-state index in [1.807, 2.05) is 11.4 Å². The van der Waals surface area contributed by atoms with Gasteiger partial charge >= 0.3 is 5.97 Å². The molecule has 1 N–H and O–H groups in total. The van der Waals surface area contributed by atoms with E-state index in [1.165, 1.54) is 6.20 Å². The largest absolute Gasteiger partial charge is 0.476 e. The molecular weight excluding hydrogens is 292 g/mol. The molecule has 0 unspecified atom stereocenters. The van der Waals surface area contributed by atoms with Crippen LogP contribution < -0.4 is 4.90 Å². The van der Waals surface area contributed by atoms with Crippen LogP contribution in [0.2, 0.25) is 0 Å². The summed E-state index contributed by atoms with van der Waals surface area (Å²) in [5.41, 5.74) is -0.0317. The maximum atomic E-state index is 10.8. The molecule has 0 aliphatic carbocycles. The number of nitrogens with zero attached hydrogens (tertiary/aromatic N) is 6. The van der Waals surface area contributed by atoms with Crippen molar-refractivity contribution in [2.24, 2.45) is 0 Å². The van der Waals surface area contributed by atoms with E-state index in [4.69, 9.17) is 5.11 Å². The average molecular weight is 302 g/mol. The zero-order valence-electron chi connectivity index (χ0n) is 10.7. The number of aromatic carboxylic acids is 1. The Labute approximate surface area is 122 Å². The lowest BCUT2D eigenvalue weighted by Crippen LogP contribution is -2.48. The van der Waals surface area contributed by atoms with Crippen molar-refractivity contribution in [2.45, 2.75) is 6.04 Å². The molecule has 0 spiro atoms. The molecule has 1 saturated heterocycles. The summed E-state index contributed by atoms with van der Waals surface area (Å²) in [4.78, 5) is 22.5. The van der Waals surface area contributed by atoms with Gasteiger partial charge in [0.1, 0.15) is 17.0 Å². The number of thiophene rings is 1. The predicted octanol–water partition coefficient (Wildman–Crippen LogP) is 1.04. The van der Waals surface area contributed by atoms with Crippen molar-refractivity contribution >= 4 is 33.3 Å². The van der Waals surface area contributed by atoms with Gasteiger partial charge in [-0.3, -0.25) is 0 Å². The Bertz CT molecular complexity index is 822.